The van der Waals surface area contributed by atoms with Crippen LogP contribution in [0.5, 0.6) is 11.5 Å². The Kier molecular flexibility index (Phi) is 4.90. The number of Topliss-reactive ketones (excluding diaryl/α,β-unsaturated/α-hetero) is 1. The van der Waals surface area contributed by atoms with E-state index in [-0.39, 0.29) is 11.7 Å². The van der Waals surface area contributed by atoms with Crippen LogP contribution >= 0.6 is 0 Å². The van der Waals surface area contributed by atoms with Crippen molar-refractivity contribution in [2.75, 3.05) is 26.3 Å². The van der Waals surface area contributed by atoms with Crippen molar-refractivity contribution in [3.8, 4) is 11.5 Å². The molecular weight excluding hydrogens is 380 g/mol. The van der Waals surface area contributed by atoms with Gasteiger partial charge in [0.1, 0.15) is 13.2 Å². The third-order valence-corrected chi connectivity index (χ3v) is 6.11. The van der Waals surface area contributed by atoms with Crippen molar-refractivity contribution in [3.63, 3.8) is 0 Å². The van der Waals surface area contributed by atoms with E-state index in [4.69, 9.17) is 9.47 Å². The highest BCUT2D eigenvalue weighted by Crippen LogP contribution is 2.32. The molecule has 0 saturated carbocycles. The monoisotopic (exact) mass is 406 g/mol. The molecule has 0 N–H and O–H groups in total. The topological polar surface area (TPSA) is 69.5 Å². The summed E-state index contributed by atoms with van der Waals surface area (Å²) < 4.78 is 13.0. The van der Waals surface area contributed by atoms with Crippen molar-refractivity contribution in [2.45, 2.75) is 26.3 Å². The summed E-state index contributed by atoms with van der Waals surface area (Å²) >= 11 is 0. The number of piperidine rings is 1. The Balaban J connectivity index is 1.22. The first-order valence-corrected chi connectivity index (χ1v) is 10.5. The zero-order valence-corrected chi connectivity index (χ0v) is 17.4. The molecule has 7 nitrogen and oxygen atoms in total. The van der Waals surface area contributed by atoms with Crippen molar-refractivity contribution >= 4 is 16.8 Å². The number of aryl methyl sites for hydroxylation is 2. The molecule has 1 aromatic carbocycles. The zero-order valence-electron chi connectivity index (χ0n) is 17.4. The summed E-state index contributed by atoms with van der Waals surface area (Å²) in [4.78, 5) is 20.0. The lowest BCUT2D eigenvalue weighted by Gasteiger charge is -2.31. The zero-order chi connectivity index (χ0) is 20.7. The minimum absolute atomic E-state index is 0.0602. The molecule has 0 atom stereocenters. The molecule has 1 fully saturated rings. The fourth-order valence-corrected chi connectivity index (χ4v) is 4.48. The molecule has 5 rings (SSSR count). The molecular formula is C23H26N4O3. The van der Waals surface area contributed by atoms with Gasteiger partial charge in [-0.2, -0.15) is 5.10 Å². The summed E-state index contributed by atoms with van der Waals surface area (Å²) in [6, 6.07) is 7.73. The number of carbonyl (C=O) groups excluding carboxylic acids is 1. The second kappa shape index (κ2) is 7.72. The first-order chi connectivity index (χ1) is 14.6. The summed E-state index contributed by atoms with van der Waals surface area (Å²) in [6.45, 7) is 5.77. The molecule has 0 aliphatic carbocycles. The van der Waals surface area contributed by atoms with Crippen molar-refractivity contribution < 1.29 is 14.3 Å². The van der Waals surface area contributed by atoms with Crippen LogP contribution in [0.3, 0.4) is 0 Å². The summed E-state index contributed by atoms with van der Waals surface area (Å²) in [6.07, 6.45) is 3.68. The fraction of sp³-hybridized carbons (Fsp3) is 0.435. The van der Waals surface area contributed by atoms with Crippen molar-refractivity contribution in [3.05, 3.63) is 47.3 Å². The molecule has 1 saturated heterocycles. The Labute approximate surface area is 175 Å². The maximum atomic E-state index is 13.0. The van der Waals surface area contributed by atoms with Crippen LogP contribution in [0, 0.1) is 12.8 Å². The van der Waals surface area contributed by atoms with E-state index in [1.54, 1.807) is 0 Å². The molecule has 0 radical (unpaired) electrons. The van der Waals surface area contributed by atoms with Gasteiger partial charge in [0.15, 0.2) is 22.9 Å². The minimum Gasteiger partial charge on any atom is -0.486 e. The smallest absolute Gasteiger partial charge is 0.166 e. The van der Waals surface area contributed by atoms with E-state index >= 15 is 0 Å². The Morgan fingerprint density at radius 2 is 1.90 bits per heavy atom. The van der Waals surface area contributed by atoms with E-state index < -0.39 is 0 Å². The molecule has 4 heterocycles. The third kappa shape index (κ3) is 3.54. The van der Waals surface area contributed by atoms with Gasteiger partial charge in [-0.25, -0.2) is 4.98 Å². The molecule has 0 bridgehead atoms. The molecule has 2 aromatic heterocycles. The van der Waals surface area contributed by atoms with Gasteiger partial charge in [0, 0.05) is 36.7 Å². The Bertz CT molecular complexity index is 1100. The number of ether oxygens (including phenoxy) is 2. The van der Waals surface area contributed by atoms with E-state index in [2.05, 4.69) is 21.0 Å². The van der Waals surface area contributed by atoms with Gasteiger partial charge in [-0.15, -0.1) is 0 Å². The SMILES string of the molecule is Cc1nn(C)c2ncc(CN3CCC(C(=O)c4ccc5c(c4)OCCO5)CC3)cc12. The van der Waals surface area contributed by atoms with E-state index in [0.29, 0.717) is 19.0 Å². The van der Waals surface area contributed by atoms with Crippen LogP contribution < -0.4 is 9.47 Å². The van der Waals surface area contributed by atoms with E-state index in [0.717, 1.165) is 60.5 Å². The Hall–Kier alpha value is -2.93. The van der Waals surface area contributed by atoms with Crippen LogP contribution in [0.15, 0.2) is 30.5 Å². The van der Waals surface area contributed by atoms with Crippen LogP contribution in [0.25, 0.3) is 11.0 Å². The molecule has 0 unspecified atom stereocenters. The number of benzene rings is 1. The van der Waals surface area contributed by atoms with Crippen LogP contribution in [-0.4, -0.2) is 51.8 Å². The van der Waals surface area contributed by atoms with E-state index in [9.17, 15) is 4.79 Å². The van der Waals surface area contributed by atoms with Crippen LogP contribution in [-0.2, 0) is 13.6 Å². The van der Waals surface area contributed by atoms with Crippen LogP contribution in [0.2, 0.25) is 0 Å². The summed E-state index contributed by atoms with van der Waals surface area (Å²) in [5.74, 6) is 1.67. The average Bonchev–Trinajstić information content (AvgIpc) is 3.06. The quantitative estimate of drug-likeness (QED) is 0.620. The first-order valence-electron chi connectivity index (χ1n) is 10.5. The summed E-state index contributed by atoms with van der Waals surface area (Å²) in [5.41, 5.74) is 3.83. The number of hydrogen-bond acceptors (Lipinski definition) is 6. The van der Waals surface area contributed by atoms with Crippen molar-refractivity contribution in [1.82, 2.24) is 19.7 Å². The number of hydrogen-bond donors (Lipinski definition) is 0. The minimum atomic E-state index is 0.0602. The number of likely N-dealkylation sites (tertiary alicyclic amines) is 1. The van der Waals surface area contributed by atoms with Gasteiger partial charge >= 0.3 is 0 Å². The van der Waals surface area contributed by atoms with Crippen LogP contribution in [0.1, 0.15) is 34.5 Å². The van der Waals surface area contributed by atoms with Crippen molar-refractivity contribution in [2.24, 2.45) is 13.0 Å². The lowest BCUT2D eigenvalue weighted by molar-refractivity contribution is 0.0833. The first kappa shape index (κ1) is 19.1. The molecule has 30 heavy (non-hydrogen) atoms. The number of rotatable bonds is 4. The van der Waals surface area contributed by atoms with Gasteiger partial charge in [-0.1, -0.05) is 0 Å². The predicted molar refractivity (Wildman–Crippen MR) is 113 cm³/mol. The lowest BCUT2D eigenvalue weighted by Crippen LogP contribution is -2.36. The molecule has 3 aromatic rings. The van der Waals surface area contributed by atoms with E-state index in [1.165, 1.54) is 5.56 Å². The number of aromatic nitrogens is 3. The molecule has 156 valence electrons. The van der Waals surface area contributed by atoms with Gasteiger partial charge < -0.3 is 9.47 Å². The van der Waals surface area contributed by atoms with E-state index in [1.807, 2.05) is 43.0 Å². The lowest BCUT2D eigenvalue weighted by atomic mass is 9.88. The van der Waals surface area contributed by atoms with Gasteiger partial charge in [-0.3, -0.25) is 14.4 Å². The second-order valence-corrected chi connectivity index (χ2v) is 8.20. The number of nitrogens with zero attached hydrogens (tertiary/aromatic N) is 4. The predicted octanol–water partition coefficient (Wildman–Crippen LogP) is 3.14. The van der Waals surface area contributed by atoms with Crippen LogP contribution in [0.4, 0.5) is 0 Å². The van der Waals surface area contributed by atoms with Gasteiger partial charge in [0.25, 0.3) is 0 Å². The third-order valence-electron chi connectivity index (χ3n) is 6.11. The number of pyridine rings is 1. The molecule has 0 amide bonds. The molecule has 2 aliphatic heterocycles. The summed E-state index contributed by atoms with van der Waals surface area (Å²) in [5, 5.41) is 5.56. The number of ketones is 1. The Morgan fingerprint density at radius 1 is 1.13 bits per heavy atom. The standard InChI is InChI=1S/C23H26N4O3/c1-15-19-11-16(13-24-23(19)26(2)25-15)14-27-7-5-17(6-8-27)22(28)18-3-4-20-21(12-18)30-10-9-29-20/h3-4,11-13,17H,5-10,14H2,1-2H3. The normalized spacial score (nSPS) is 17.4. The highest BCUT2D eigenvalue weighted by molar-refractivity contribution is 5.98. The number of fused-ring (bicyclic) bond motifs is 2. The fourth-order valence-electron chi connectivity index (χ4n) is 4.48. The van der Waals surface area contributed by atoms with Gasteiger partial charge in [-0.05, 0) is 62.7 Å². The molecule has 7 heteroatoms. The molecule has 0 spiro atoms. The van der Waals surface area contributed by atoms with Gasteiger partial charge in [0.05, 0.1) is 5.69 Å². The molecule has 2 aliphatic rings. The maximum absolute atomic E-state index is 13.0. The largest absolute Gasteiger partial charge is 0.486 e. The number of carbonyl (C=O) groups is 1. The maximum Gasteiger partial charge on any atom is 0.166 e. The second-order valence-electron chi connectivity index (χ2n) is 8.20. The summed E-state index contributed by atoms with van der Waals surface area (Å²) in [7, 11) is 1.92. The van der Waals surface area contributed by atoms with Gasteiger partial charge in [0.2, 0.25) is 0 Å². The average molecular weight is 406 g/mol. The van der Waals surface area contributed by atoms with Crippen molar-refractivity contribution in [1.29, 1.82) is 0 Å². The highest BCUT2D eigenvalue weighted by Gasteiger charge is 2.27. The Morgan fingerprint density at radius 3 is 2.70 bits per heavy atom. The highest BCUT2D eigenvalue weighted by atomic mass is 16.6.